The van der Waals surface area contributed by atoms with Crippen molar-refractivity contribution >= 4 is 34.8 Å². The highest BCUT2D eigenvalue weighted by molar-refractivity contribution is 6.31. The van der Waals surface area contributed by atoms with Crippen LogP contribution in [-0.4, -0.2) is 11.8 Å². The van der Waals surface area contributed by atoms with Crippen molar-refractivity contribution < 1.29 is 9.59 Å². The number of aryl methyl sites for hydroxylation is 1. The molecule has 0 aliphatic carbocycles. The van der Waals surface area contributed by atoms with E-state index in [1.54, 1.807) is 24.3 Å². The van der Waals surface area contributed by atoms with E-state index in [1.165, 1.54) is 0 Å². The first-order valence-electron chi connectivity index (χ1n) is 6.45. The summed E-state index contributed by atoms with van der Waals surface area (Å²) in [6.07, 6.45) is -0.250. The molecule has 2 N–H and O–H groups in total. The fourth-order valence-electron chi connectivity index (χ4n) is 1.75. The molecule has 0 aliphatic heterocycles. The minimum absolute atomic E-state index is 0.250. The van der Waals surface area contributed by atoms with Crippen LogP contribution in [0.2, 0.25) is 5.02 Å². The number of amides is 2. The van der Waals surface area contributed by atoms with Crippen molar-refractivity contribution in [3.8, 4) is 0 Å². The third-order valence-electron chi connectivity index (χ3n) is 2.83. The quantitative estimate of drug-likeness (QED) is 0.848. The highest BCUT2D eigenvalue weighted by atomic mass is 35.5. The molecule has 0 heterocycles. The van der Waals surface area contributed by atoms with Crippen LogP contribution in [0.5, 0.6) is 0 Å². The maximum Gasteiger partial charge on any atom is 0.233 e. The van der Waals surface area contributed by atoms with Crippen molar-refractivity contribution in [2.45, 2.75) is 13.3 Å². The molecule has 4 nitrogen and oxygen atoms in total. The summed E-state index contributed by atoms with van der Waals surface area (Å²) >= 11 is 5.98. The molecule has 21 heavy (non-hydrogen) atoms. The number of hydrogen-bond acceptors (Lipinski definition) is 2. The van der Waals surface area contributed by atoms with Gasteiger partial charge >= 0.3 is 0 Å². The molecular weight excluding hydrogens is 288 g/mol. The van der Waals surface area contributed by atoms with Gasteiger partial charge in [0.15, 0.2) is 0 Å². The lowest BCUT2D eigenvalue weighted by molar-refractivity contribution is -0.123. The number of nitrogens with one attached hydrogen (secondary N) is 2. The summed E-state index contributed by atoms with van der Waals surface area (Å²) in [5.41, 5.74) is 2.16. The largest absolute Gasteiger partial charge is 0.326 e. The van der Waals surface area contributed by atoms with E-state index in [0.717, 1.165) is 5.56 Å². The average molecular weight is 303 g/mol. The Morgan fingerprint density at radius 1 is 0.952 bits per heavy atom. The normalized spacial score (nSPS) is 10.0. The van der Waals surface area contributed by atoms with Crippen LogP contribution >= 0.6 is 11.6 Å². The molecule has 0 spiro atoms. The lowest BCUT2D eigenvalue weighted by Gasteiger charge is -2.07. The van der Waals surface area contributed by atoms with Crippen LogP contribution in [0.3, 0.4) is 0 Å². The Labute approximate surface area is 128 Å². The number of halogens is 1. The van der Waals surface area contributed by atoms with Gasteiger partial charge in [0, 0.05) is 16.4 Å². The summed E-state index contributed by atoms with van der Waals surface area (Å²) in [5.74, 6) is -0.750. The first kappa shape index (κ1) is 15.1. The molecule has 2 aromatic rings. The number of hydrogen-bond donors (Lipinski definition) is 2. The van der Waals surface area contributed by atoms with Gasteiger partial charge < -0.3 is 10.6 Å². The van der Waals surface area contributed by atoms with Crippen LogP contribution in [0, 0.1) is 6.92 Å². The predicted molar refractivity (Wildman–Crippen MR) is 84.5 cm³/mol. The fourth-order valence-corrected chi connectivity index (χ4v) is 1.93. The number of rotatable bonds is 4. The second-order valence-corrected chi connectivity index (χ2v) is 5.01. The molecule has 2 aromatic carbocycles. The molecule has 0 fully saturated rings. The second-order valence-electron chi connectivity index (χ2n) is 4.60. The molecule has 0 atom stereocenters. The zero-order valence-electron chi connectivity index (χ0n) is 11.5. The topological polar surface area (TPSA) is 58.2 Å². The first-order valence-corrected chi connectivity index (χ1v) is 6.83. The monoisotopic (exact) mass is 302 g/mol. The van der Waals surface area contributed by atoms with Crippen molar-refractivity contribution in [2.75, 3.05) is 10.6 Å². The molecule has 0 saturated heterocycles. The standard InChI is InChI=1S/C16H15ClN2O2/c1-11-7-8-13(9-14(11)17)19-16(21)10-15(20)18-12-5-3-2-4-6-12/h2-9H,10H2,1H3,(H,18,20)(H,19,21). The van der Waals surface area contributed by atoms with E-state index in [9.17, 15) is 9.59 Å². The molecule has 2 amide bonds. The summed E-state index contributed by atoms with van der Waals surface area (Å²) in [6.45, 7) is 1.88. The van der Waals surface area contributed by atoms with Gasteiger partial charge in [-0.05, 0) is 36.8 Å². The third kappa shape index (κ3) is 4.61. The summed E-state index contributed by atoms with van der Waals surface area (Å²) in [5, 5.41) is 5.87. The number of carbonyl (C=O) groups excluding carboxylic acids is 2. The minimum atomic E-state index is -0.386. The van der Waals surface area contributed by atoms with Crippen LogP contribution in [0.25, 0.3) is 0 Å². The third-order valence-corrected chi connectivity index (χ3v) is 3.24. The molecule has 0 aliphatic rings. The molecule has 2 rings (SSSR count). The average Bonchev–Trinajstić information content (AvgIpc) is 2.43. The maximum atomic E-state index is 11.8. The van der Waals surface area contributed by atoms with Gasteiger partial charge in [0.25, 0.3) is 0 Å². The molecule has 0 aromatic heterocycles. The Kier molecular flexibility index (Phi) is 4.95. The predicted octanol–water partition coefficient (Wildman–Crippen LogP) is 3.62. The van der Waals surface area contributed by atoms with Gasteiger partial charge in [0.1, 0.15) is 6.42 Å². The van der Waals surface area contributed by atoms with Crippen LogP contribution < -0.4 is 10.6 Å². The van der Waals surface area contributed by atoms with Gasteiger partial charge in [-0.2, -0.15) is 0 Å². The van der Waals surface area contributed by atoms with E-state index in [4.69, 9.17) is 11.6 Å². The highest BCUT2D eigenvalue weighted by Crippen LogP contribution is 2.20. The number of anilines is 2. The molecule has 5 heteroatoms. The van der Waals surface area contributed by atoms with Crippen molar-refractivity contribution in [1.29, 1.82) is 0 Å². The number of para-hydroxylation sites is 1. The van der Waals surface area contributed by atoms with E-state index < -0.39 is 0 Å². The zero-order chi connectivity index (χ0) is 15.2. The Hall–Kier alpha value is -2.33. The minimum Gasteiger partial charge on any atom is -0.326 e. The van der Waals surface area contributed by atoms with E-state index in [2.05, 4.69) is 10.6 Å². The zero-order valence-corrected chi connectivity index (χ0v) is 12.3. The second kappa shape index (κ2) is 6.90. The van der Waals surface area contributed by atoms with Gasteiger partial charge in [-0.25, -0.2) is 0 Å². The lowest BCUT2D eigenvalue weighted by atomic mass is 10.2. The number of carbonyl (C=O) groups is 2. The summed E-state index contributed by atoms with van der Waals surface area (Å²) < 4.78 is 0. The van der Waals surface area contributed by atoms with Gasteiger partial charge in [-0.3, -0.25) is 9.59 Å². The Balaban J connectivity index is 1.89. The van der Waals surface area contributed by atoms with E-state index in [0.29, 0.717) is 16.4 Å². The van der Waals surface area contributed by atoms with Gasteiger partial charge in [-0.15, -0.1) is 0 Å². The van der Waals surface area contributed by atoms with Crippen LogP contribution in [-0.2, 0) is 9.59 Å². The van der Waals surface area contributed by atoms with Gasteiger partial charge in [0.2, 0.25) is 11.8 Å². The Morgan fingerprint density at radius 3 is 2.19 bits per heavy atom. The summed E-state index contributed by atoms with van der Waals surface area (Å²) in [6, 6.07) is 14.2. The molecule has 0 bridgehead atoms. The first-order chi connectivity index (χ1) is 10.0. The smallest absolute Gasteiger partial charge is 0.233 e. The molecule has 0 unspecified atom stereocenters. The van der Waals surface area contributed by atoms with Gasteiger partial charge in [0.05, 0.1) is 0 Å². The van der Waals surface area contributed by atoms with Crippen LogP contribution in [0.4, 0.5) is 11.4 Å². The Morgan fingerprint density at radius 2 is 1.57 bits per heavy atom. The number of benzene rings is 2. The summed E-state index contributed by atoms with van der Waals surface area (Å²) in [7, 11) is 0. The van der Waals surface area contributed by atoms with Crippen molar-refractivity contribution in [1.82, 2.24) is 0 Å². The van der Waals surface area contributed by atoms with Crippen molar-refractivity contribution in [2.24, 2.45) is 0 Å². The Bertz CT molecular complexity index is 657. The molecule has 0 radical (unpaired) electrons. The maximum absolute atomic E-state index is 11.8. The fraction of sp³-hybridized carbons (Fsp3) is 0.125. The SMILES string of the molecule is Cc1ccc(NC(=O)CC(=O)Nc2ccccc2)cc1Cl. The van der Waals surface area contributed by atoms with Crippen molar-refractivity contribution in [3.05, 3.63) is 59.1 Å². The van der Waals surface area contributed by atoms with E-state index in [-0.39, 0.29) is 18.2 Å². The van der Waals surface area contributed by atoms with Crippen LogP contribution in [0.15, 0.2) is 48.5 Å². The molecule has 108 valence electrons. The molecule has 0 saturated carbocycles. The molecular formula is C16H15ClN2O2. The van der Waals surface area contributed by atoms with Crippen LogP contribution in [0.1, 0.15) is 12.0 Å². The van der Waals surface area contributed by atoms with Crippen molar-refractivity contribution in [3.63, 3.8) is 0 Å². The van der Waals surface area contributed by atoms with E-state index in [1.807, 2.05) is 31.2 Å². The van der Waals surface area contributed by atoms with Gasteiger partial charge in [-0.1, -0.05) is 35.9 Å². The van der Waals surface area contributed by atoms with E-state index >= 15 is 0 Å². The lowest BCUT2D eigenvalue weighted by Crippen LogP contribution is -2.21. The summed E-state index contributed by atoms with van der Waals surface area (Å²) in [4.78, 5) is 23.5. The highest BCUT2D eigenvalue weighted by Gasteiger charge is 2.10.